The van der Waals surface area contributed by atoms with Crippen molar-refractivity contribution in [2.45, 2.75) is 34.2 Å². The van der Waals surface area contributed by atoms with Crippen LogP contribution in [0.5, 0.6) is 0 Å². The fourth-order valence-electron chi connectivity index (χ4n) is 2.55. The highest BCUT2D eigenvalue weighted by atomic mass is 16.2. The largest absolute Gasteiger partial charge is 0.323 e. The van der Waals surface area contributed by atoms with E-state index in [9.17, 15) is 9.59 Å². The molecule has 0 unspecified atom stereocenters. The molecule has 0 aliphatic heterocycles. The van der Waals surface area contributed by atoms with Crippen LogP contribution < -0.4 is 10.2 Å². The minimum atomic E-state index is -0.212. The molecule has 0 bridgehead atoms. The monoisotopic (exact) mass is 340 g/mol. The molecule has 1 heterocycles. The van der Waals surface area contributed by atoms with E-state index >= 15 is 0 Å². The van der Waals surface area contributed by atoms with Crippen molar-refractivity contribution in [2.24, 2.45) is 0 Å². The van der Waals surface area contributed by atoms with E-state index in [2.05, 4.69) is 10.4 Å². The normalized spacial score (nSPS) is 10.9. The highest BCUT2D eigenvalue weighted by molar-refractivity contribution is 6.02. The molecule has 1 N–H and O–H groups in total. The molecule has 0 aliphatic rings. The molecule has 0 atom stereocenters. The molecule has 25 heavy (non-hydrogen) atoms. The van der Waals surface area contributed by atoms with Crippen molar-refractivity contribution in [3.8, 4) is 0 Å². The zero-order chi connectivity index (χ0) is 18.6. The summed E-state index contributed by atoms with van der Waals surface area (Å²) >= 11 is 0. The van der Waals surface area contributed by atoms with Crippen molar-refractivity contribution in [2.75, 3.05) is 17.3 Å². The minimum absolute atomic E-state index is 0.0434. The number of hydrogen-bond acceptors (Lipinski definition) is 3. The second-order valence-electron chi connectivity index (χ2n) is 5.85. The van der Waals surface area contributed by atoms with Gasteiger partial charge < -0.3 is 10.2 Å². The highest BCUT2D eigenvalue weighted by Gasteiger charge is 2.08. The summed E-state index contributed by atoms with van der Waals surface area (Å²) in [6.07, 6.45) is 3.30. The summed E-state index contributed by atoms with van der Waals surface area (Å²) in [5.74, 6) is -0.256. The molecule has 1 aromatic heterocycles. The van der Waals surface area contributed by atoms with Crippen molar-refractivity contribution < 1.29 is 9.59 Å². The zero-order valence-corrected chi connectivity index (χ0v) is 15.3. The van der Waals surface area contributed by atoms with Gasteiger partial charge >= 0.3 is 0 Å². The first-order valence-electron chi connectivity index (χ1n) is 8.21. The third-order valence-corrected chi connectivity index (χ3v) is 4.13. The number of nitrogens with zero attached hydrogens (tertiary/aromatic N) is 3. The van der Waals surface area contributed by atoms with Crippen LogP contribution in [0.2, 0.25) is 0 Å². The lowest BCUT2D eigenvalue weighted by atomic mass is 10.2. The number of anilines is 2. The van der Waals surface area contributed by atoms with Crippen LogP contribution in [0.3, 0.4) is 0 Å². The number of nitrogens with one attached hydrogen (secondary N) is 1. The summed E-state index contributed by atoms with van der Waals surface area (Å²) < 4.78 is 1.91. The molecule has 0 saturated carbocycles. The summed E-state index contributed by atoms with van der Waals surface area (Å²) in [4.78, 5) is 25.0. The third kappa shape index (κ3) is 4.35. The van der Waals surface area contributed by atoms with Gasteiger partial charge in [0, 0.05) is 49.2 Å². The Kier molecular flexibility index (Phi) is 5.75. The fraction of sp³-hybridized carbons (Fsp3) is 0.316. The van der Waals surface area contributed by atoms with Crippen LogP contribution in [0.15, 0.2) is 30.3 Å². The van der Waals surface area contributed by atoms with Gasteiger partial charge in [-0.25, -0.2) is 0 Å². The third-order valence-electron chi connectivity index (χ3n) is 4.13. The molecular formula is C19H24N4O2. The number of carbonyl (C=O) groups excluding carboxylic acids is 2. The van der Waals surface area contributed by atoms with E-state index in [-0.39, 0.29) is 11.8 Å². The van der Waals surface area contributed by atoms with Crippen LogP contribution >= 0.6 is 0 Å². The van der Waals surface area contributed by atoms with Gasteiger partial charge in [-0.1, -0.05) is 0 Å². The van der Waals surface area contributed by atoms with Crippen molar-refractivity contribution in [1.29, 1.82) is 0 Å². The van der Waals surface area contributed by atoms with Crippen molar-refractivity contribution in [1.82, 2.24) is 9.78 Å². The smallest absolute Gasteiger partial charge is 0.248 e. The fourth-order valence-corrected chi connectivity index (χ4v) is 2.55. The van der Waals surface area contributed by atoms with Crippen LogP contribution in [0, 0.1) is 13.8 Å². The van der Waals surface area contributed by atoms with Gasteiger partial charge in [-0.3, -0.25) is 14.3 Å². The Bertz CT molecular complexity index is 804. The number of carbonyl (C=O) groups is 2. The topological polar surface area (TPSA) is 67.2 Å². The lowest BCUT2D eigenvalue weighted by Crippen LogP contribution is -2.22. The maximum atomic E-state index is 12.1. The molecule has 0 radical (unpaired) electrons. The van der Waals surface area contributed by atoms with Gasteiger partial charge in [0.2, 0.25) is 11.8 Å². The van der Waals surface area contributed by atoms with E-state index in [0.717, 1.165) is 29.2 Å². The summed E-state index contributed by atoms with van der Waals surface area (Å²) in [5.41, 5.74) is 4.36. The SMILES string of the molecule is CCn1nc(C)c(/C=C\C(=O)Nc2ccc(N(C)C(C)=O)cc2)c1C. The van der Waals surface area contributed by atoms with Gasteiger partial charge in [-0.15, -0.1) is 0 Å². The van der Waals surface area contributed by atoms with Gasteiger partial charge in [-0.05, 0) is 51.1 Å². The van der Waals surface area contributed by atoms with E-state index in [1.807, 2.05) is 25.5 Å². The molecule has 0 saturated heterocycles. The Balaban J connectivity index is 2.05. The molecule has 2 rings (SSSR count). The average molecular weight is 340 g/mol. The summed E-state index contributed by atoms with van der Waals surface area (Å²) in [6.45, 7) is 8.26. The first-order chi connectivity index (χ1) is 11.8. The maximum Gasteiger partial charge on any atom is 0.248 e. The summed E-state index contributed by atoms with van der Waals surface area (Å²) in [6, 6.07) is 7.12. The lowest BCUT2D eigenvalue weighted by Gasteiger charge is -2.15. The second-order valence-corrected chi connectivity index (χ2v) is 5.85. The van der Waals surface area contributed by atoms with Crippen LogP contribution in [0.1, 0.15) is 30.8 Å². The zero-order valence-electron chi connectivity index (χ0n) is 15.3. The van der Waals surface area contributed by atoms with E-state index < -0.39 is 0 Å². The Labute approximate surface area is 148 Å². The van der Waals surface area contributed by atoms with E-state index in [4.69, 9.17) is 0 Å². The molecule has 0 fully saturated rings. The van der Waals surface area contributed by atoms with Gasteiger partial charge in [0.15, 0.2) is 0 Å². The molecule has 2 aromatic rings. The quantitative estimate of drug-likeness (QED) is 0.850. The van der Waals surface area contributed by atoms with E-state index in [0.29, 0.717) is 5.69 Å². The van der Waals surface area contributed by atoms with Gasteiger partial charge in [-0.2, -0.15) is 5.10 Å². The van der Waals surface area contributed by atoms with Crippen molar-refractivity contribution in [3.63, 3.8) is 0 Å². The summed E-state index contributed by atoms with van der Waals surface area (Å²) in [5, 5.41) is 7.24. The Morgan fingerprint density at radius 2 is 1.88 bits per heavy atom. The van der Waals surface area contributed by atoms with Crippen LogP contribution in [-0.4, -0.2) is 28.6 Å². The van der Waals surface area contributed by atoms with Gasteiger partial charge in [0.1, 0.15) is 0 Å². The predicted molar refractivity (Wildman–Crippen MR) is 101 cm³/mol. The van der Waals surface area contributed by atoms with E-state index in [1.165, 1.54) is 13.0 Å². The molecule has 2 amide bonds. The number of amides is 2. The molecule has 0 spiro atoms. The molecular weight excluding hydrogens is 316 g/mol. The number of aromatic nitrogens is 2. The lowest BCUT2D eigenvalue weighted by molar-refractivity contribution is -0.116. The minimum Gasteiger partial charge on any atom is -0.323 e. The van der Waals surface area contributed by atoms with Crippen molar-refractivity contribution in [3.05, 3.63) is 47.3 Å². The van der Waals surface area contributed by atoms with E-state index in [1.54, 1.807) is 42.3 Å². The second kappa shape index (κ2) is 7.79. The first-order valence-corrected chi connectivity index (χ1v) is 8.21. The molecule has 6 heteroatoms. The molecule has 1 aromatic carbocycles. The highest BCUT2D eigenvalue weighted by Crippen LogP contribution is 2.18. The molecule has 0 aliphatic carbocycles. The van der Waals surface area contributed by atoms with Crippen LogP contribution in [0.25, 0.3) is 6.08 Å². The van der Waals surface area contributed by atoms with Gasteiger partial charge in [0.25, 0.3) is 0 Å². The number of aryl methyl sites for hydroxylation is 2. The Morgan fingerprint density at radius 1 is 1.24 bits per heavy atom. The van der Waals surface area contributed by atoms with Crippen LogP contribution in [0.4, 0.5) is 11.4 Å². The van der Waals surface area contributed by atoms with Crippen LogP contribution in [-0.2, 0) is 16.1 Å². The number of rotatable bonds is 5. The van der Waals surface area contributed by atoms with Crippen molar-refractivity contribution >= 4 is 29.3 Å². The average Bonchev–Trinajstić information content (AvgIpc) is 2.86. The predicted octanol–water partition coefficient (Wildman–Crippen LogP) is 3.15. The standard InChI is InChI=1S/C19H24N4O2/c1-6-23-14(3)18(13(2)21-23)11-12-19(25)20-16-7-9-17(10-8-16)22(5)15(4)24/h7-12H,6H2,1-5H3,(H,20,25)/b12-11-. The number of hydrogen-bond donors (Lipinski definition) is 1. The molecule has 6 nitrogen and oxygen atoms in total. The number of benzene rings is 1. The summed E-state index contributed by atoms with van der Waals surface area (Å²) in [7, 11) is 1.71. The Morgan fingerprint density at radius 3 is 2.40 bits per heavy atom. The maximum absolute atomic E-state index is 12.1. The Hall–Kier alpha value is -2.89. The molecule has 132 valence electrons. The van der Waals surface area contributed by atoms with Gasteiger partial charge in [0.05, 0.1) is 5.69 Å². The first kappa shape index (κ1) is 18.4.